The lowest BCUT2D eigenvalue weighted by Crippen LogP contribution is -2.34. The molecule has 21 heavy (non-hydrogen) atoms. The van der Waals surface area contributed by atoms with Gasteiger partial charge in [0.15, 0.2) is 11.5 Å². The number of ether oxygens (including phenoxy) is 2. The summed E-state index contributed by atoms with van der Waals surface area (Å²) in [5.74, 6) is 1.83. The molecule has 3 N–H and O–H groups in total. The lowest BCUT2D eigenvalue weighted by molar-refractivity contribution is 0.0616. The number of nitrogens with two attached hydrogens (primary N) is 1. The minimum atomic E-state index is -0.474. The fourth-order valence-electron chi connectivity index (χ4n) is 3.23. The summed E-state index contributed by atoms with van der Waals surface area (Å²) in [5, 5.41) is 10.5. The van der Waals surface area contributed by atoms with Crippen LogP contribution in [0.15, 0.2) is 18.2 Å². The van der Waals surface area contributed by atoms with Crippen LogP contribution in [-0.2, 0) is 0 Å². The Hall–Kier alpha value is -0.970. The quantitative estimate of drug-likeness (QED) is 0.900. The molecule has 1 aromatic rings. The standard InChI is InChI=1S/C16H23NO3.ClH/c17-15(16(18)11-4-2-1-3-5-11)12-6-7-13-14(10-12)20-9-8-19-13;/h6-7,10-11,15-16,18H,1-5,8-9,17H2;1H/t15-,16+;/m1./s1. The van der Waals surface area contributed by atoms with E-state index in [1.807, 2.05) is 18.2 Å². The maximum absolute atomic E-state index is 10.5. The second-order valence-corrected chi connectivity index (χ2v) is 5.82. The van der Waals surface area contributed by atoms with Crippen LogP contribution in [0.25, 0.3) is 0 Å². The Balaban J connectivity index is 0.00000161. The first kappa shape index (κ1) is 16.4. The Kier molecular flexibility index (Phi) is 5.73. The molecule has 118 valence electrons. The highest BCUT2D eigenvalue weighted by molar-refractivity contribution is 5.85. The van der Waals surface area contributed by atoms with E-state index in [1.54, 1.807) is 0 Å². The van der Waals surface area contributed by atoms with Crippen LogP contribution >= 0.6 is 12.4 Å². The first-order chi connectivity index (χ1) is 9.75. The molecular formula is C16H24ClNO3. The highest BCUT2D eigenvalue weighted by Gasteiger charge is 2.28. The van der Waals surface area contributed by atoms with Gasteiger partial charge in [-0.05, 0) is 36.5 Å². The third kappa shape index (κ3) is 3.62. The van der Waals surface area contributed by atoms with Gasteiger partial charge >= 0.3 is 0 Å². The van der Waals surface area contributed by atoms with E-state index in [4.69, 9.17) is 15.2 Å². The molecule has 1 saturated carbocycles. The summed E-state index contributed by atoms with van der Waals surface area (Å²) in [5.41, 5.74) is 7.18. The zero-order chi connectivity index (χ0) is 13.9. The predicted molar refractivity (Wildman–Crippen MR) is 84.2 cm³/mol. The van der Waals surface area contributed by atoms with Crippen LogP contribution in [0.2, 0.25) is 0 Å². The number of hydrogen-bond acceptors (Lipinski definition) is 4. The van der Waals surface area contributed by atoms with Gasteiger partial charge < -0.3 is 20.3 Å². The van der Waals surface area contributed by atoms with E-state index >= 15 is 0 Å². The number of benzene rings is 1. The van der Waals surface area contributed by atoms with Crippen molar-refractivity contribution in [3.63, 3.8) is 0 Å². The zero-order valence-electron chi connectivity index (χ0n) is 12.2. The topological polar surface area (TPSA) is 64.7 Å². The van der Waals surface area contributed by atoms with Crippen molar-refractivity contribution in [3.8, 4) is 11.5 Å². The fourth-order valence-corrected chi connectivity index (χ4v) is 3.23. The minimum absolute atomic E-state index is 0. The summed E-state index contributed by atoms with van der Waals surface area (Å²) in [6.45, 7) is 1.15. The maximum Gasteiger partial charge on any atom is 0.161 e. The highest BCUT2D eigenvalue weighted by Crippen LogP contribution is 2.35. The van der Waals surface area contributed by atoms with Crippen LogP contribution in [0, 0.1) is 5.92 Å². The second-order valence-electron chi connectivity index (χ2n) is 5.82. The summed E-state index contributed by atoms with van der Waals surface area (Å²) in [4.78, 5) is 0. The molecule has 1 aliphatic carbocycles. The van der Waals surface area contributed by atoms with Crippen molar-refractivity contribution < 1.29 is 14.6 Å². The Bertz CT molecular complexity index is 463. The molecule has 5 heteroatoms. The van der Waals surface area contributed by atoms with E-state index in [0.717, 1.165) is 29.9 Å². The van der Waals surface area contributed by atoms with E-state index in [1.165, 1.54) is 19.3 Å². The number of fused-ring (bicyclic) bond motifs is 1. The SMILES string of the molecule is Cl.N[C@H](c1ccc2c(c1)OCCO2)[C@@H](O)C1CCCCC1. The summed E-state index contributed by atoms with van der Waals surface area (Å²) in [6, 6.07) is 5.38. The van der Waals surface area contributed by atoms with Crippen LogP contribution < -0.4 is 15.2 Å². The summed E-state index contributed by atoms with van der Waals surface area (Å²) >= 11 is 0. The third-order valence-corrected chi connectivity index (χ3v) is 4.45. The molecule has 1 aliphatic heterocycles. The molecule has 0 bridgehead atoms. The largest absolute Gasteiger partial charge is 0.486 e. The van der Waals surface area contributed by atoms with Crippen LogP contribution in [0.5, 0.6) is 11.5 Å². The Morgan fingerprint density at radius 2 is 1.71 bits per heavy atom. The van der Waals surface area contributed by atoms with Crippen molar-refractivity contribution in [2.75, 3.05) is 13.2 Å². The van der Waals surface area contributed by atoms with Crippen molar-refractivity contribution in [3.05, 3.63) is 23.8 Å². The van der Waals surface area contributed by atoms with Crippen LogP contribution in [0.3, 0.4) is 0 Å². The average Bonchev–Trinajstić information content (AvgIpc) is 2.54. The van der Waals surface area contributed by atoms with Crippen molar-refractivity contribution in [1.29, 1.82) is 0 Å². The molecule has 0 saturated heterocycles. The van der Waals surface area contributed by atoms with Gasteiger partial charge in [-0.25, -0.2) is 0 Å². The lowest BCUT2D eigenvalue weighted by Gasteiger charge is -2.31. The first-order valence-corrected chi connectivity index (χ1v) is 7.59. The number of aliphatic hydroxyl groups is 1. The third-order valence-electron chi connectivity index (χ3n) is 4.45. The Labute approximate surface area is 132 Å². The number of aliphatic hydroxyl groups excluding tert-OH is 1. The molecule has 3 rings (SSSR count). The molecule has 0 unspecified atom stereocenters. The molecule has 0 spiro atoms. The molecule has 2 atom stereocenters. The molecule has 0 amide bonds. The van der Waals surface area contributed by atoms with Gasteiger partial charge in [-0.2, -0.15) is 0 Å². The normalized spacial score (nSPS) is 21.2. The van der Waals surface area contributed by atoms with Crippen LogP contribution in [-0.4, -0.2) is 24.4 Å². The van der Waals surface area contributed by atoms with Crippen LogP contribution in [0.1, 0.15) is 43.7 Å². The average molecular weight is 314 g/mol. The molecule has 4 nitrogen and oxygen atoms in total. The molecule has 1 fully saturated rings. The zero-order valence-corrected chi connectivity index (χ0v) is 13.0. The monoisotopic (exact) mass is 313 g/mol. The predicted octanol–water partition coefficient (Wildman–Crippen LogP) is 2.82. The van der Waals surface area contributed by atoms with Crippen molar-refractivity contribution in [1.82, 2.24) is 0 Å². The van der Waals surface area contributed by atoms with E-state index < -0.39 is 6.10 Å². The maximum atomic E-state index is 10.5. The summed E-state index contributed by atoms with van der Waals surface area (Å²) < 4.78 is 11.1. The Morgan fingerprint density at radius 3 is 2.43 bits per heavy atom. The highest BCUT2D eigenvalue weighted by atomic mass is 35.5. The van der Waals surface area contributed by atoms with Gasteiger partial charge in [-0.15, -0.1) is 12.4 Å². The van der Waals surface area contributed by atoms with E-state index in [2.05, 4.69) is 0 Å². The molecule has 1 heterocycles. The van der Waals surface area contributed by atoms with Gasteiger partial charge in [-0.3, -0.25) is 0 Å². The number of halogens is 1. The summed E-state index contributed by atoms with van der Waals surface area (Å²) in [7, 11) is 0. The van der Waals surface area contributed by atoms with Crippen molar-refractivity contribution in [2.45, 2.75) is 44.2 Å². The fraction of sp³-hybridized carbons (Fsp3) is 0.625. The minimum Gasteiger partial charge on any atom is -0.486 e. The number of rotatable bonds is 3. The van der Waals surface area contributed by atoms with Gasteiger partial charge in [-0.1, -0.05) is 25.3 Å². The van der Waals surface area contributed by atoms with E-state index in [0.29, 0.717) is 19.1 Å². The van der Waals surface area contributed by atoms with Crippen molar-refractivity contribution >= 4 is 12.4 Å². The second kappa shape index (κ2) is 7.34. The van der Waals surface area contributed by atoms with Gasteiger partial charge in [0.05, 0.1) is 12.1 Å². The van der Waals surface area contributed by atoms with Gasteiger partial charge in [0.25, 0.3) is 0 Å². The van der Waals surface area contributed by atoms with Crippen LogP contribution in [0.4, 0.5) is 0 Å². The van der Waals surface area contributed by atoms with Gasteiger partial charge in [0, 0.05) is 0 Å². The molecule has 0 aromatic heterocycles. The smallest absolute Gasteiger partial charge is 0.161 e. The van der Waals surface area contributed by atoms with E-state index in [-0.39, 0.29) is 18.4 Å². The first-order valence-electron chi connectivity index (χ1n) is 7.59. The van der Waals surface area contributed by atoms with E-state index in [9.17, 15) is 5.11 Å². The molecule has 0 radical (unpaired) electrons. The molecular weight excluding hydrogens is 290 g/mol. The molecule has 2 aliphatic rings. The number of hydrogen-bond donors (Lipinski definition) is 2. The summed E-state index contributed by atoms with van der Waals surface area (Å²) in [6.07, 6.45) is 5.38. The molecule has 1 aromatic carbocycles. The van der Waals surface area contributed by atoms with Crippen molar-refractivity contribution in [2.24, 2.45) is 11.7 Å². The lowest BCUT2D eigenvalue weighted by atomic mass is 9.81. The Morgan fingerprint density at radius 1 is 1.05 bits per heavy atom. The van der Waals surface area contributed by atoms with Gasteiger partial charge in [0.1, 0.15) is 13.2 Å². The van der Waals surface area contributed by atoms with Gasteiger partial charge in [0.2, 0.25) is 0 Å².